The Labute approximate surface area is 130 Å². The van der Waals surface area contributed by atoms with Gasteiger partial charge in [-0.15, -0.1) is 0 Å². The second-order valence-electron chi connectivity index (χ2n) is 5.02. The first-order chi connectivity index (χ1) is 10.7. The van der Waals surface area contributed by atoms with E-state index >= 15 is 0 Å². The molecule has 5 nitrogen and oxygen atoms in total. The number of carbonyl (C=O) groups excluding carboxylic acids is 1. The normalized spacial score (nSPS) is 10.3. The Morgan fingerprint density at radius 3 is 2.73 bits per heavy atom. The third-order valence-electron chi connectivity index (χ3n) is 3.16. The van der Waals surface area contributed by atoms with Crippen LogP contribution in [0, 0.1) is 6.92 Å². The molecule has 0 fully saturated rings. The van der Waals surface area contributed by atoms with E-state index in [4.69, 9.17) is 4.74 Å². The van der Waals surface area contributed by atoms with Crippen molar-refractivity contribution in [1.82, 2.24) is 4.98 Å². The minimum absolute atomic E-state index is 0.147. The number of aryl methyl sites for hydroxylation is 1. The van der Waals surface area contributed by atoms with Crippen molar-refractivity contribution in [2.45, 2.75) is 13.3 Å². The number of nitrogens with one attached hydrogen (secondary N) is 2. The van der Waals surface area contributed by atoms with Crippen molar-refractivity contribution in [2.24, 2.45) is 0 Å². The smallest absolute Gasteiger partial charge is 0.255 e. The lowest BCUT2D eigenvalue weighted by Crippen LogP contribution is -2.13. The summed E-state index contributed by atoms with van der Waals surface area (Å²) >= 11 is 0. The second kappa shape index (κ2) is 8.14. The molecule has 1 amide bonds. The molecule has 0 bridgehead atoms. The summed E-state index contributed by atoms with van der Waals surface area (Å²) in [5.41, 5.74) is 2.51. The fourth-order valence-electron chi connectivity index (χ4n) is 1.94. The lowest BCUT2D eigenvalue weighted by atomic mass is 10.2. The van der Waals surface area contributed by atoms with Gasteiger partial charge in [0.05, 0.1) is 0 Å². The van der Waals surface area contributed by atoms with Crippen LogP contribution in [0.2, 0.25) is 0 Å². The highest BCUT2D eigenvalue weighted by atomic mass is 16.5. The molecular formula is C17H21N3O2. The number of pyridine rings is 1. The summed E-state index contributed by atoms with van der Waals surface area (Å²) in [4.78, 5) is 16.4. The number of hydrogen-bond donors (Lipinski definition) is 2. The lowest BCUT2D eigenvalue weighted by molar-refractivity contribution is 0.102. The first-order valence-electron chi connectivity index (χ1n) is 7.26. The maximum atomic E-state index is 12.2. The van der Waals surface area contributed by atoms with Crippen LogP contribution < -0.4 is 10.6 Å². The van der Waals surface area contributed by atoms with Crippen molar-refractivity contribution in [2.75, 3.05) is 30.9 Å². The summed E-state index contributed by atoms with van der Waals surface area (Å²) in [7, 11) is 1.67. The molecule has 2 rings (SSSR count). The summed E-state index contributed by atoms with van der Waals surface area (Å²) in [6, 6.07) is 11.1. The SMILES string of the molecule is COCCCNc1cc(C(=O)Nc2ccc(C)cc2)ccn1. The zero-order valence-corrected chi connectivity index (χ0v) is 12.9. The van der Waals surface area contributed by atoms with Crippen LogP contribution >= 0.6 is 0 Å². The van der Waals surface area contributed by atoms with Gasteiger partial charge in [-0.1, -0.05) is 17.7 Å². The van der Waals surface area contributed by atoms with Gasteiger partial charge >= 0.3 is 0 Å². The van der Waals surface area contributed by atoms with Crippen molar-refractivity contribution in [3.05, 3.63) is 53.7 Å². The Morgan fingerprint density at radius 2 is 2.00 bits per heavy atom. The monoisotopic (exact) mass is 299 g/mol. The Hall–Kier alpha value is -2.40. The molecule has 5 heteroatoms. The van der Waals surface area contributed by atoms with Gasteiger partial charge in [-0.2, -0.15) is 0 Å². The molecule has 1 aromatic heterocycles. The summed E-state index contributed by atoms with van der Waals surface area (Å²) < 4.78 is 4.99. The molecule has 2 aromatic rings. The molecule has 1 heterocycles. The van der Waals surface area contributed by atoms with E-state index in [1.807, 2.05) is 31.2 Å². The van der Waals surface area contributed by atoms with Crippen LogP contribution in [0.25, 0.3) is 0 Å². The zero-order chi connectivity index (χ0) is 15.8. The van der Waals surface area contributed by atoms with Crippen LogP contribution in [0.3, 0.4) is 0 Å². The Bertz CT molecular complexity index is 612. The molecule has 1 aromatic carbocycles. The van der Waals surface area contributed by atoms with Crippen LogP contribution in [0.15, 0.2) is 42.6 Å². The fourth-order valence-corrected chi connectivity index (χ4v) is 1.94. The summed E-state index contributed by atoms with van der Waals surface area (Å²) in [6.45, 7) is 3.46. The number of anilines is 2. The second-order valence-corrected chi connectivity index (χ2v) is 5.02. The van der Waals surface area contributed by atoms with Crippen LogP contribution in [-0.2, 0) is 4.74 Å². The number of hydrogen-bond acceptors (Lipinski definition) is 4. The Balaban J connectivity index is 1.96. The number of rotatable bonds is 7. The molecule has 2 N–H and O–H groups in total. The van der Waals surface area contributed by atoms with Crippen LogP contribution in [0.1, 0.15) is 22.3 Å². The van der Waals surface area contributed by atoms with Crippen molar-refractivity contribution in [3.8, 4) is 0 Å². The van der Waals surface area contributed by atoms with Crippen LogP contribution in [-0.4, -0.2) is 31.2 Å². The van der Waals surface area contributed by atoms with Crippen molar-refractivity contribution >= 4 is 17.4 Å². The predicted octanol–water partition coefficient (Wildman–Crippen LogP) is 3.09. The molecule has 0 aliphatic carbocycles. The number of benzene rings is 1. The molecule has 0 radical (unpaired) electrons. The minimum Gasteiger partial charge on any atom is -0.385 e. The van der Waals surface area contributed by atoms with Gasteiger partial charge in [0, 0.05) is 37.7 Å². The third kappa shape index (κ3) is 4.86. The average Bonchev–Trinajstić information content (AvgIpc) is 2.54. The van der Waals surface area contributed by atoms with E-state index in [0.29, 0.717) is 18.0 Å². The molecular weight excluding hydrogens is 278 g/mol. The summed E-state index contributed by atoms with van der Waals surface area (Å²) in [6.07, 6.45) is 2.51. The van der Waals surface area contributed by atoms with Crippen molar-refractivity contribution < 1.29 is 9.53 Å². The number of nitrogens with zero attached hydrogens (tertiary/aromatic N) is 1. The van der Waals surface area contributed by atoms with E-state index in [1.54, 1.807) is 25.4 Å². The molecule has 0 spiro atoms. The van der Waals surface area contributed by atoms with Gasteiger partial charge in [-0.05, 0) is 37.6 Å². The van der Waals surface area contributed by atoms with E-state index in [1.165, 1.54) is 0 Å². The van der Waals surface area contributed by atoms with Crippen LogP contribution in [0.4, 0.5) is 11.5 Å². The fraction of sp³-hybridized carbons (Fsp3) is 0.294. The number of carbonyl (C=O) groups is 1. The minimum atomic E-state index is -0.147. The first-order valence-corrected chi connectivity index (χ1v) is 7.26. The predicted molar refractivity (Wildman–Crippen MR) is 88.4 cm³/mol. The standard InChI is InChI=1S/C17H21N3O2/c1-13-4-6-15(7-5-13)20-17(21)14-8-10-19-16(12-14)18-9-3-11-22-2/h4-8,10,12H,3,9,11H2,1-2H3,(H,18,19)(H,20,21). The topological polar surface area (TPSA) is 63.2 Å². The van der Waals surface area contributed by atoms with E-state index in [2.05, 4.69) is 15.6 Å². The number of ether oxygens (including phenoxy) is 1. The number of aromatic nitrogens is 1. The lowest BCUT2D eigenvalue weighted by Gasteiger charge is -2.08. The molecule has 0 unspecified atom stereocenters. The molecule has 22 heavy (non-hydrogen) atoms. The molecule has 0 atom stereocenters. The van der Waals surface area contributed by atoms with Gasteiger partial charge in [0.2, 0.25) is 0 Å². The number of amides is 1. The number of methoxy groups -OCH3 is 1. The molecule has 116 valence electrons. The molecule has 0 saturated heterocycles. The molecule has 0 aliphatic rings. The van der Waals surface area contributed by atoms with Gasteiger partial charge < -0.3 is 15.4 Å². The Kier molecular flexibility index (Phi) is 5.91. The van der Waals surface area contributed by atoms with Gasteiger partial charge in [0.25, 0.3) is 5.91 Å². The van der Waals surface area contributed by atoms with Crippen molar-refractivity contribution in [1.29, 1.82) is 0 Å². The van der Waals surface area contributed by atoms with Gasteiger partial charge in [0.1, 0.15) is 5.82 Å². The zero-order valence-electron chi connectivity index (χ0n) is 12.9. The van der Waals surface area contributed by atoms with Gasteiger partial charge in [-0.25, -0.2) is 4.98 Å². The average molecular weight is 299 g/mol. The van der Waals surface area contributed by atoms with Crippen molar-refractivity contribution in [3.63, 3.8) is 0 Å². The van der Waals surface area contributed by atoms with Crippen LogP contribution in [0.5, 0.6) is 0 Å². The highest BCUT2D eigenvalue weighted by molar-refractivity contribution is 6.04. The highest BCUT2D eigenvalue weighted by Gasteiger charge is 2.07. The van der Waals surface area contributed by atoms with Gasteiger partial charge in [0.15, 0.2) is 0 Å². The van der Waals surface area contributed by atoms with E-state index < -0.39 is 0 Å². The Morgan fingerprint density at radius 1 is 1.23 bits per heavy atom. The van der Waals surface area contributed by atoms with Gasteiger partial charge in [-0.3, -0.25) is 4.79 Å². The maximum Gasteiger partial charge on any atom is 0.255 e. The molecule has 0 aliphatic heterocycles. The van der Waals surface area contributed by atoms with E-state index in [-0.39, 0.29) is 5.91 Å². The van der Waals surface area contributed by atoms with E-state index in [9.17, 15) is 4.79 Å². The first kappa shape index (κ1) is 16.0. The molecule has 0 saturated carbocycles. The van der Waals surface area contributed by atoms with E-state index in [0.717, 1.165) is 24.2 Å². The quantitative estimate of drug-likeness (QED) is 0.771. The maximum absolute atomic E-state index is 12.2. The largest absolute Gasteiger partial charge is 0.385 e. The summed E-state index contributed by atoms with van der Waals surface area (Å²) in [5, 5.41) is 6.05. The highest BCUT2D eigenvalue weighted by Crippen LogP contribution is 2.12. The summed E-state index contributed by atoms with van der Waals surface area (Å²) in [5.74, 6) is 0.541. The third-order valence-corrected chi connectivity index (χ3v) is 3.16.